The molecule has 0 unspecified atom stereocenters. The fourth-order valence-electron chi connectivity index (χ4n) is 1.82. The van der Waals surface area contributed by atoms with Gasteiger partial charge >= 0.3 is 11.9 Å². The molecule has 0 aliphatic rings. The van der Waals surface area contributed by atoms with Crippen molar-refractivity contribution in [1.82, 2.24) is 5.16 Å². The molecule has 0 amide bonds. The van der Waals surface area contributed by atoms with E-state index in [0.717, 1.165) is 0 Å². The average molecular weight is 360 g/mol. The molecule has 1 heterocycles. The van der Waals surface area contributed by atoms with Crippen LogP contribution in [0.5, 0.6) is 0 Å². The van der Waals surface area contributed by atoms with Gasteiger partial charge in [0.2, 0.25) is 5.76 Å². The summed E-state index contributed by atoms with van der Waals surface area (Å²) in [7, 11) is 0. The second-order valence-electron chi connectivity index (χ2n) is 4.27. The third-order valence-electron chi connectivity index (χ3n) is 2.83. The predicted molar refractivity (Wildman–Crippen MR) is 74.3 cm³/mol. The Morgan fingerprint density at radius 2 is 2.00 bits per heavy atom. The molecule has 0 radical (unpaired) electrons. The molecule has 1 aromatic carbocycles. The van der Waals surface area contributed by atoms with E-state index in [1.807, 2.05) is 0 Å². The number of carbonyl (C=O) groups excluding carboxylic acids is 1. The van der Waals surface area contributed by atoms with Gasteiger partial charge in [-0.15, -0.1) is 0 Å². The second-order valence-corrected chi connectivity index (χ2v) is 5.19. The van der Waals surface area contributed by atoms with Crippen molar-refractivity contribution in [3.63, 3.8) is 0 Å². The summed E-state index contributed by atoms with van der Waals surface area (Å²) in [6.07, 6.45) is 0. The first-order chi connectivity index (χ1) is 9.87. The quantitative estimate of drug-likeness (QED) is 0.772. The van der Waals surface area contributed by atoms with Crippen LogP contribution >= 0.6 is 15.9 Å². The molecule has 0 bridgehead atoms. The van der Waals surface area contributed by atoms with Crippen molar-refractivity contribution in [3.05, 3.63) is 51.3 Å². The Morgan fingerprint density at radius 1 is 1.38 bits per heavy atom. The van der Waals surface area contributed by atoms with Gasteiger partial charge in [0.15, 0.2) is 0 Å². The lowest BCUT2D eigenvalue weighted by atomic mass is 10.0. The molecule has 7 heteroatoms. The molecule has 0 saturated carbocycles. The number of hydrogen-bond donors (Lipinski definition) is 0. The summed E-state index contributed by atoms with van der Waals surface area (Å²) in [5, 5.41) is 3.46. The lowest BCUT2D eigenvalue weighted by molar-refractivity contribution is 0.00989. The predicted octanol–water partition coefficient (Wildman–Crippen LogP) is 4.06. The zero-order chi connectivity index (χ0) is 15.6. The molecule has 4 nitrogen and oxygen atoms in total. The first kappa shape index (κ1) is 15.6. The van der Waals surface area contributed by atoms with Crippen LogP contribution in [0.3, 0.4) is 0 Å². The van der Waals surface area contributed by atoms with Gasteiger partial charge in [0, 0.05) is 10.0 Å². The van der Waals surface area contributed by atoms with E-state index in [9.17, 15) is 13.6 Å². The number of benzene rings is 1. The number of carbonyl (C=O) groups is 1. The first-order valence-electron chi connectivity index (χ1n) is 6.15. The van der Waals surface area contributed by atoms with E-state index in [1.165, 1.54) is 31.2 Å². The second kappa shape index (κ2) is 5.93. The number of hydrogen-bond acceptors (Lipinski definition) is 4. The van der Waals surface area contributed by atoms with Gasteiger partial charge in [-0.2, -0.15) is 8.78 Å². The van der Waals surface area contributed by atoms with Gasteiger partial charge in [-0.3, -0.25) is 0 Å². The van der Waals surface area contributed by atoms with Crippen LogP contribution in [0.2, 0.25) is 0 Å². The van der Waals surface area contributed by atoms with E-state index in [1.54, 1.807) is 6.92 Å². The Balaban J connectivity index is 2.50. The van der Waals surface area contributed by atoms with E-state index in [0.29, 0.717) is 4.47 Å². The number of esters is 1. The molecule has 0 atom stereocenters. The highest BCUT2D eigenvalue weighted by Crippen LogP contribution is 2.39. The van der Waals surface area contributed by atoms with Crippen molar-refractivity contribution < 1.29 is 22.8 Å². The minimum absolute atomic E-state index is 0.0697. The summed E-state index contributed by atoms with van der Waals surface area (Å²) in [5.41, 5.74) is -0.558. The van der Waals surface area contributed by atoms with Crippen LogP contribution in [-0.4, -0.2) is 17.7 Å². The van der Waals surface area contributed by atoms with Crippen molar-refractivity contribution in [2.24, 2.45) is 0 Å². The van der Waals surface area contributed by atoms with E-state index < -0.39 is 17.7 Å². The SMILES string of the molecule is CCOC(=O)c1c(C)noc1C(F)(F)c1ccc(Br)cc1. The molecule has 2 aromatic rings. The number of rotatable bonds is 4. The van der Waals surface area contributed by atoms with Gasteiger partial charge in [-0.05, 0) is 26.0 Å². The standard InChI is InChI=1S/C14H12BrF2NO3/c1-3-20-13(19)11-8(2)18-21-12(11)14(16,17)9-4-6-10(15)7-5-9/h4-7H,3H2,1-2H3. The topological polar surface area (TPSA) is 52.3 Å². The van der Waals surface area contributed by atoms with Gasteiger partial charge in [-0.1, -0.05) is 33.2 Å². The first-order valence-corrected chi connectivity index (χ1v) is 6.95. The number of ether oxygens (including phenoxy) is 1. The smallest absolute Gasteiger partial charge is 0.343 e. The van der Waals surface area contributed by atoms with Crippen LogP contribution in [0.25, 0.3) is 0 Å². The lowest BCUT2D eigenvalue weighted by Crippen LogP contribution is -2.19. The molecular formula is C14H12BrF2NO3. The summed E-state index contributed by atoms with van der Waals surface area (Å²) in [6.45, 7) is 3.08. The van der Waals surface area contributed by atoms with Gasteiger partial charge in [-0.25, -0.2) is 4.79 Å². The Morgan fingerprint density at radius 3 is 2.57 bits per heavy atom. The minimum Gasteiger partial charge on any atom is -0.462 e. The summed E-state index contributed by atoms with van der Waals surface area (Å²) in [6, 6.07) is 5.46. The summed E-state index contributed by atoms with van der Waals surface area (Å²) < 4.78 is 39.2. The maximum absolute atomic E-state index is 14.5. The van der Waals surface area contributed by atoms with E-state index >= 15 is 0 Å². The molecule has 0 fully saturated rings. The third-order valence-corrected chi connectivity index (χ3v) is 3.36. The molecule has 112 valence electrons. The zero-order valence-corrected chi connectivity index (χ0v) is 12.9. The summed E-state index contributed by atoms with van der Waals surface area (Å²) in [5.74, 6) is -5.16. The lowest BCUT2D eigenvalue weighted by Gasteiger charge is -2.15. The van der Waals surface area contributed by atoms with Crippen LogP contribution < -0.4 is 0 Å². The Hall–Kier alpha value is -1.76. The number of aromatic nitrogens is 1. The average Bonchev–Trinajstić information content (AvgIpc) is 2.82. The Bertz CT molecular complexity index is 653. The Kier molecular flexibility index (Phi) is 4.41. The van der Waals surface area contributed by atoms with Gasteiger partial charge in [0.1, 0.15) is 5.56 Å². The Labute approximate surface area is 128 Å². The fraction of sp³-hybridized carbons (Fsp3) is 0.286. The molecule has 2 rings (SSSR count). The highest BCUT2D eigenvalue weighted by atomic mass is 79.9. The maximum atomic E-state index is 14.5. The fourth-order valence-corrected chi connectivity index (χ4v) is 2.08. The monoisotopic (exact) mass is 359 g/mol. The number of halogens is 3. The van der Waals surface area contributed by atoms with Crippen LogP contribution in [-0.2, 0) is 10.7 Å². The van der Waals surface area contributed by atoms with Crippen molar-refractivity contribution in [3.8, 4) is 0 Å². The molecular weight excluding hydrogens is 348 g/mol. The maximum Gasteiger partial charge on any atom is 0.343 e. The minimum atomic E-state index is -3.48. The largest absolute Gasteiger partial charge is 0.462 e. The molecule has 21 heavy (non-hydrogen) atoms. The van der Waals surface area contributed by atoms with Crippen LogP contribution in [0, 0.1) is 6.92 Å². The number of alkyl halides is 2. The zero-order valence-electron chi connectivity index (χ0n) is 11.3. The normalized spacial score (nSPS) is 11.5. The van der Waals surface area contributed by atoms with Crippen molar-refractivity contribution >= 4 is 21.9 Å². The molecule has 0 aliphatic carbocycles. The van der Waals surface area contributed by atoms with Crippen molar-refractivity contribution in [1.29, 1.82) is 0 Å². The highest BCUT2D eigenvalue weighted by Gasteiger charge is 2.43. The number of aryl methyl sites for hydroxylation is 1. The molecule has 0 aliphatic heterocycles. The van der Waals surface area contributed by atoms with Gasteiger partial charge in [0.25, 0.3) is 0 Å². The molecule has 0 N–H and O–H groups in total. The molecule has 0 spiro atoms. The van der Waals surface area contributed by atoms with Crippen LogP contribution in [0.4, 0.5) is 8.78 Å². The van der Waals surface area contributed by atoms with Crippen molar-refractivity contribution in [2.75, 3.05) is 6.61 Å². The van der Waals surface area contributed by atoms with E-state index in [2.05, 4.69) is 21.1 Å². The van der Waals surface area contributed by atoms with Crippen molar-refractivity contribution in [2.45, 2.75) is 19.8 Å². The van der Waals surface area contributed by atoms with Crippen LogP contribution in [0.15, 0.2) is 33.3 Å². The number of nitrogens with zero attached hydrogens (tertiary/aromatic N) is 1. The van der Waals surface area contributed by atoms with Gasteiger partial charge in [0.05, 0.1) is 12.3 Å². The van der Waals surface area contributed by atoms with Gasteiger partial charge < -0.3 is 9.26 Å². The highest BCUT2D eigenvalue weighted by molar-refractivity contribution is 9.10. The summed E-state index contributed by atoms with van der Waals surface area (Å²) in [4.78, 5) is 11.8. The van der Waals surface area contributed by atoms with E-state index in [4.69, 9.17) is 9.26 Å². The van der Waals surface area contributed by atoms with E-state index in [-0.39, 0.29) is 23.4 Å². The van der Waals surface area contributed by atoms with Crippen LogP contribution in [0.1, 0.15) is 34.3 Å². The third kappa shape index (κ3) is 2.97. The molecule has 1 aromatic heterocycles. The molecule has 0 saturated heterocycles. The summed E-state index contributed by atoms with van der Waals surface area (Å²) >= 11 is 3.18.